The van der Waals surface area contributed by atoms with Crippen molar-refractivity contribution in [1.29, 1.82) is 0 Å². The highest BCUT2D eigenvalue weighted by Crippen LogP contribution is 2.36. The maximum Gasteiger partial charge on any atom is 0.322 e. The summed E-state index contributed by atoms with van der Waals surface area (Å²) < 4.78 is 14.1. The number of nitrogens with two attached hydrogens (primary N) is 1. The molecule has 1 heterocycles. The summed E-state index contributed by atoms with van der Waals surface area (Å²) in [5.74, 6) is -3.98. The number of likely N-dealkylation sites (tertiary alicyclic amines) is 1. The lowest BCUT2D eigenvalue weighted by Gasteiger charge is -2.33. The van der Waals surface area contributed by atoms with Crippen LogP contribution in [0.25, 0.3) is 0 Å². The maximum atomic E-state index is 14.1. The van der Waals surface area contributed by atoms with Crippen molar-refractivity contribution < 1.29 is 38.6 Å². The number of aliphatic carboxylic acids is 2. The van der Waals surface area contributed by atoms with Gasteiger partial charge in [-0.05, 0) is 30.6 Å². The van der Waals surface area contributed by atoms with E-state index in [-0.39, 0.29) is 29.7 Å². The van der Waals surface area contributed by atoms with Gasteiger partial charge in [-0.25, -0.2) is 4.39 Å². The van der Waals surface area contributed by atoms with Gasteiger partial charge < -0.3 is 26.6 Å². The molecule has 208 valence electrons. The van der Waals surface area contributed by atoms with Crippen LogP contribution in [0.15, 0.2) is 35.9 Å². The third-order valence-electron chi connectivity index (χ3n) is 5.65. The molecule has 14 heteroatoms. The Kier molecular flexibility index (Phi) is 13.3. The van der Waals surface area contributed by atoms with E-state index in [1.54, 1.807) is 18.2 Å². The summed E-state index contributed by atoms with van der Waals surface area (Å²) in [6.45, 7) is 0.899. The number of carboxylic acid groups (broad SMARTS) is 2. The van der Waals surface area contributed by atoms with E-state index < -0.39 is 42.4 Å². The van der Waals surface area contributed by atoms with Crippen LogP contribution in [-0.4, -0.2) is 87.9 Å². The molecule has 1 fully saturated rings. The molecule has 1 aliphatic heterocycles. The maximum absolute atomic E-state index is 14.1. The monoisotopic (exact) mass is 570 g/mol. The second kappa shape index (κ2) is 16.1. The summed E-state index contributed by atoms with van der Waals surface area (Å²) in [5, 5.41) is 22.4. The van der Waals surface area contributed by atoms with Crippen molar-refractivity contribution in [3.05, 3.63) is 47.3 Å². The number of piperidine rings is 1. The fourth-order valence-electron chi connectivity index (χ4n) is 3.62. The van der Waals surface area contributed by atoms with Gasteiger partial charge in [-0.1, -0.05) is 39.8 Å². The molecule has 38 heavy (non-hydrogen) atoms. The first kappa shape index (κ1) is 31.3. The fraction of sp³-hybridized carbons (Fsp3) is 0.458. The lowest BCUT2D eigenvalue weighted by atomic mass is 10.0. The third-order valence-corrected chi connectivity index (χ3v) is 8.53. The number of benzene rings is 1. The summed E-state index contributed by atoms with van der Waals surface area (Å²) >= 11 is 0. The number of aldehydes is 1. The minimum absolute atomic E-state index is 0.0610. The highest BCUT2D eigenvalue weighted by Gasteiger charge is 2.27. The molecule has 6 N–H and O–H groups in total. The van der Waals surface area contributed by atoms with Gasteiger partial charge in [0, 0.05) is 42.6 Å². The molecule has 11 nitrogen and oxygen atoms in total. The number of nitrogens with zero attached hydrogens (tertiary/aromatic N) is 1. The topological polar surface area (TPSA) is 179 Å². The number of nitrogens with one attached hydrogen (secondary N) is 2. The Morgan fingerprint density at radius 2 is 1.97 bits per heavy atom. The normalized spacial score (nSPS) is 18.4. The molecule has 2 rings (SSSR count). The van der Waals surface area contributed by atoms with Crippen molar-refractivity contribution in [2.75, 3.05) is 25.4 Å². The van der Waals surface area contributed by atoms with Crippen LogP contribution in [0.1, 0.15) is 24.8 Å². The molecular formula is C24H31FN4O7S2. The second-order valence-corrected chi connectivity index (χ2v) is 11.2. The van der Waals surface area contributed by atoms with E-state index in [1.165, 1.54) is 33.7 Å². The number of rotatable bonds is 15. The van der Waals surface area contributed by atoms with Crippen LogP contribution in [0, 0.1) is 5.82 Å². The fourth-order valence-corrected chi connectivity index (χ4v) is 6.51. The largest absolute Gasteiger partial charge is 0.480 e. The second-order valence-electron chi connectivity index (χ2n) is 8.55. The Morgan fingerprint density at radius 3 is 2.63 bits per heavy atom. The summed E-state index contributed by atoms with van der Waals surface area (Å²) in [4.78, 5) is 59.7. The molecular weight excluding hydrogens is 539 g/mol. The molecule has 0 bridgehead atoms. The van der Waals surface area contributed by atoms with Gasteiger partial charge in [0.15, 0.2) is 0 Å². The summed E-state index contributed by atoms with van der Waals surface area (Å²) in [5.41, 5.74) is 6.82. The van der Waals surface area contributed by atoms with Crippen LogP contribution < -0.4 is 16.4 Å². The zero-order valence-corrected chi connectivity index (χ0v) is 22.1. The molecule has 0 aromatic heterocycles. The Balaban J connectivity index is 1.95. The standard InChI is InChI=1S/C24H31FN4O7S2/c25-17-4-2-1-3-15(17)12-29-9-7-20(16(13-29)8-10-30)38-37-14-19(23(34)27-11-22(32)33)28-21(31)6-5-18(26)24(35)36/h1-4,8,10,18-20H,5-7,9,11-14,26H2,(H,27,34)(H,28,31)(H,32,33)(H,35,36)/b16-8-. The molecule has 0 saturated carbocycles. The lowest BCUT2D eigenvalue weighted by molar-refractivity contribution is -0.139. The van der Waals surface area contributed by atoms with Gasteiger partial charge in [-0.3, -0.25) is 28.9 Å². The van der Waals surface area contributed by atoms with Crippen LogP contribution in [0.4, 0.5) is 4.39 Å². The van der Waals surface area contributed by atoms with Crippen molar-refractivity contribution in [2.24, 2.45) is 5.73 Å². The lowest BCUT2D eigenvalue weighted by Crippen LogP contribution is -2.49. The zero-order chi connectivity index (χ0) is 28.1. The van der Waals surface area contributed by atoms with E-state index in [2.05, 4.69) is 10.6 Å². The Morgan fingerprint density at radius 1 is 1.24 bits per heavy atom. The van der Waals surface area contributed by atoms with Crippen LogP contribution in [-0.2, 0) is 30.5 Å². The van der Waals surface area contributed by atoms with Gasteiger partial charge in [-0.15, -0.1) is 0 Å². The van der Waals surface area contributed by atoms with Crippen molar-refractivity contribution in [3.8, 4) is 0 Å². The van der Waals surface area contributed by atoms with Gasteiger partial charge in [0.05, 0.1) is 0 Å². The van der Waals surface area contributed by atoms with Gasteiger partial charge >= 0.3 is 11.9 Å². The van der Waals surface area contributed by atoms with E-state index in [0.717, 1.165) is 5.57 Å². The highest BCUT2D eigenvalue weighted by atomic mass is 33.1. The molecule has 3 atom stereocenters. The number of carbonyl (C=O) groups is 5. The average Bonchev–Trinajstić information content (AvgIpc) is 2.87. The van der Waals surface area contributed by atoms with Crippen LogP contribution >= 0.6 is 21.6 Å². The number of hydrogen-bond donors (Lipinski definition) is 5. The minimum Gasteiger partial charge on any atom is -0.480 e. The molecule has 1 aliphatic rings. The summed E-state index contributed by atoms with van der Waals surface area (Å²) in [6.07, 6.45) is 2.50. The number of carboxylic acids is 2. The van der Waals surface area contributed by atoms with E-state index in [9.17, 15) is 28.4 Å². The molecule has 1 aromatic carbocycles. The van der Waals surface area contributed by atoms with E-state index in [4.69, 9.17) is 15.9 Å². The van der Waals surface area contributed by atoms with E-state index in [1.807, 2.05) is 4.90 Å². The van der Waals surface area contributed by atoms with Gasteiger partial charge in [-0.2, -0.15) is 0 Å². The predicted molar refractivity (Wildman–Crippen MR) is 142 cm³/mol. The molecule has 2 amide bonds. The van der Waals surface area contributed by atoms with Crippen molar-refractivity contribution >= 4 is 51.6 Å². The van der Waals surface area contributed by atoms with Crippen LogP contribution in [0.2, 0.25) is 0 Å². The summed E-state index contributed by atoms with van der Waals surface area (Å²) in [6, 6.07) is 4.21. The Hall–Kier alpha value is -2.94. The molecule has 1 aromatic rings. The van der Waals surface area contributed by atoms with Gasteiger partial charge in [0.1, 0.15) is 30.7 Å². The SMILES string of the molecule is NC(CCC(=O)NC(CSSC1CCN(Cc2ccccc2F)C/C1=C/C=O)C(=O)NCC(=O)O)C(=O)O. The first-order chi connectivity index (χ1) is 18.1. The number of carbonyl (C=O) groups excluding carboxylic acids is 3. The minimum atomic E-state index is -1.25. The van der Waals surface area contributed by atoms with Crippen LogP contribution in [0.3, 0.4) is 0 Å². The Bertz CT molecular complexity index is 1040. The van der Waals surface area contributed by atoms with E-state index in [0.29, 0.717) is 37.9 Å². The van der Waals surface area contributed by atoms with Gasteiger partial charge in [0.25, 0.3) is 0 Å². The van der Waals surface area contributed by atoms with E-state index >= 15 is 0 Å². The van der Waals surface area contributed by atoms with Crippen molar-refractivity contribution in [3.63, 3.8) is 0 Å². The smallest absolute Gasteiger partial charge is 0.322 e. The third kappa shape index (κ3) is 10.8. The van der Waals surface area contributed by atoms with Gasteiger partial charge in [0.2, 0.25) is 11.8 Å². The average molecular weight is 571 g/mol. The van der Waals surface area contributed by atoms with Crippen molar-refractivity contribution in [1.82, 2.24) is 15.5 Å². The number of halogens is 1. The Labute approximate surface area is 227 Å². The zero-order valence-electron chi connectivity index (χ0n) is 20.5. The first-order valence-electron chi connectivity index (χ1n) is 11.8. The molecule has 0 aliphatic carbocycles. The number of allylic oxidation sites excluding steroid dienone is 1. The summed E-state index contributed by atoms with van der Waals surface area (Å²) in [7, 11) is 2.70. The number of amides is 2. The van der Waals surface area contributed by atoms with Crippen molar-refractivity contribution in [2.45, 2.75) is 43.1 Å². The molecule has 0 radical (unpaired) electrons. The van der Waals surface area contributed by atoms with Crippen LogP contribution in [0.5, 0.6) is 0 Å². The quantitative estimate of drug-likeness (QED) is 0.114. The predicted octanol–water partition coefficient (Wildman–Crippen LogP) is 0.784. The first-order valence-corrected chi connectivity index (χ1v) is 14.1. The molecule has 0 spiro atoms. The number of hydrogen-bond acceptors (Lipinski definition) is 9. The highest BCUT2D eigenvalue weighted by molar-refractivity contribution is 8.77. The molecule has 3 unspecified atom stereocenters. The molecule has 1 saturated heterocycles.